The lowest BCUT2D eigenvalue weighted by Gasteiger charge is -2.10. The minimum atomic E-state index is -4.16. The number of halogens is 2. The number of hydrogen-bond acceptors (Lipinski definition) is 4. The Morgan fingerprint density at radius 1 is 1.00 bits per heavy atom. The van der Waals surface area contributed by atoms with Crippen LogP contribution in [0.15, 0.2) is 47.4 Å². The summed E-state index contributed by atoms with van der Waals surface area (Å²) >= 11 is 11.7. The van der Waals surface area contributed by atoms with Crippen LogP contribution in [0.1, 0.15) is 17.3 Å². The standard InChI is InChI=1S/C14H10Cl2O4S/c1-9(17)10-5-7-11(8-6-10)20-21(18,19)14-12(15)3-2-4-13(14)16/h2-8H,1H3. The number of carbonyl (C=O) groups is 1. The zero-order chi connectivity index (χ0) is 15.6. The molecule has 2 aromatic rings. The number of carbonyl (C=O) groups excluding carboxylic acids is 1. The van der Waals surface area contributed by atoms with Crippen molar-refractivity contribution in [2.24, 2.45) is 0 Å². The van der Waals surface area contributed by atoms with Gasteiger partial charge in [0.15, 0.2) is 5.78 Å². The molecule has 0 amide bonds. The van der Waals surface area contributed by atoms with E-state index < -0.39 is 10.1 Å². The molecule has 2 aromatic carbocycles. The van der Waals surface area contributed by atoms with Crippen molar-refractivity contribution in [1.29, 1.82) is 0 Å². The summed E-state index contributed by atoms with van der Waals surface area (Å²) in [6.07, 6.45) is 0. The van der Waals surface area contributed by atoms with Gasteiger partial charge in [-0.25, -0.2) is 0 Å². The van der Waals surface area contributed by atoms with Gasteiger partial charge in [0.05, 0.1) is 10.0 Å². The second-order valence-corrected chi connectivity index (χ2v) is 6.47. The lowest BCUT2D eigenvalue weighted by atomic mass is 10.1. The first kappa shape index (κ1) is 15.8. The van der Waals surface area contributed by atoms with Crippen LogP contribution in [0.5, 0.6) is 5.75 Å². The molecular weight excluding hydrogens is 335 g/mol. The highest BCUT2D eigenvalue weighted by Crippen LogP contribution is 2.31. The normalized spacial score (nSPS) is 11.2. The number of rotatable bonds is 4. The van der Waals surface area contributed by atoms with E-state index in [-0.39, 0.29) is 26.5 Å². The van der Waals surface area contributed by atoms with Crippen LogP contribution in [-0.2, 0) is 10.1 Å². The van der Waals surface area contributed by atoms with E-state index in [0.29, 0.717) is 5.56 Å². The third kappa shape index (κ3) is 3.56. The maximum Gasteiger partial charge on any atom is 0.342 e. The molecule has 0 unspecified atom stereocenters. The van der Waals surface area contributed by atoms with Gasteiger partial charge in [0.2, 0.25) is 0 Å². The van der Waals surface area contributed by atoms with Crippen molar-refractivity contribution in [2.75, 3.05) is 0 Å². The second-order valence-electron chi connectivity index (χ2n) is 4.17. The van der Waals surface area contributed by atoms with E-state index in [9.17, 15) is 13.2 Å². The van der Waals surface area contributed by atoms with E-state index in [0.717, 1.165) is 0 Å². The highest BCUT2D eigenvalue weighted by atomic mass is 35.5. The second kappa shape index (κ2) is 6.05. The summed E-state index contributed by atoms with van der Waals surface area (Å²) in [5.74, 6) is -0.0606. The summed E-state index contributed by atoms with van der Waals surface area (Å²) in [6.45, 7) is 1.41. The molecule has 0 N–H and O–H groups in total. The average Bonchev–Trinajstić information content (AvgIpc) is 2.38. The van der Waals surface area contributed by atoms with Crippen molar-refractivity contribution in [2.45, 2.75) is 11.8 Å². The third-order valence-corrected chi connectivity index (χ3v) is 4.84. The van der Waals surface area contributed by atoms with E-state index in [1.165, 1.54) is 49.4 Å². The number of hydrogen-bond donors (Lipinski definition) is 0. The topological polar surface area (TPSA) is 60.4 Å². The highest BCUT2D eigenvalue weighted by Gasteiger charge is 2.23. The van der Waals surface area contributed by atoms with Gasteiger partial charge in [-0.1, -0.05) is 29.3 Å². The Morgan fingerprint density at radius 3 is 2.00 bits per heavy atom. The molecule has 7 heteroatoms. The van der Waals surface area contributed by atoms with Crippen molar-refractivity contribution in [3.63, 3.8) is 0 Å². The molecule has 0 fully saturated rings. The van der Waals surface area contributed by atoms with Crippen LogP contribution < -0.4 is 4.18 Å². The summed E-state index contributed by atoms with van der Waals surface area (Å²) in [6, 6.07) is 10.1. The first-order valence-electron chi connectivity index (χ1n) is 5.81. The van der Waals surface area contributed by atoms with Gasteiger partial charge in [0.25, 0.3) is 0 Å². The van der Waals surface area contributed by atoms with Crippen molar-refractivity contribution in [1.82, 2.24) is 0 Å². The molecule has 21 heavy (non-hydrogen) atoms. The quantitative estimate of drug-likeness (QED) is 0.622. The minimum absolute atomic E-state index is 0.0251. The van der Waals surface area contributed by atoms with Crippen molar-refractivity contribution < 1.29 is 17.4 Å². The van der Waals surface area contributed by atoms with Gasteiger partial charge >= 0.3 is 10.1 Å². The Balaban J connectivity index is 2.35. The van der Waals surface area contributed by atoms with Gasteiger partial charge in [0, 0.05) is 5.56 Å². The SMILES string of the molecule is CC(=O)c1ccc(OS(=O)(=O)c2c(Cl)cccc2Cl)cc1. The zero-order valence-corrected chi connectivity index (χ0v) is 13.2. The van der Waals surface area contributed by atoms with E-state index in [4.69, 9.17) is 27.4 Å². The summed E-state index contributed by atoms with van der Waals surface area (Å²) in [4.78, 5) is 10.9. The first-order chi connectivity index (χ1) is 9.81. The van der Waals surface area contributed by atoms with Crippen LogP contribution in [0.25, 0.3) is 0 Å². The average molecular weight is 345 g/mol. The van der Waals surface area contributed by atoms with E-state index in [2.05, 4.69) is 0 Å². The van der Waals surface area contributed by atoms with Gasteiger partial charge in [0.1, 0.15) is 10.6 Å². The smallest absolute Gasteiger partial charge is 0.342 e. The number of Topliss-reactive ketones (excluding diaryl/α,β-unsaturated/α-hetero) is 1. The number of benzene rings is 2. The van der Waals surface area contributed by atoms with Crippen LogP contribution in [0.3, 0.4) is 0 Å². The van der Waals surface area contributed by atoms with Crippen LogP contribution in [0.4, 0.5) is 0 Å². The molecular formula is C14H10Cl2O4S. The fraction of sp³-hybridized carbons (Fsp3) is 0.0714. The maximum absolute atomic E-state index is 12.2. The van der Waals surface area contributed by atoms with Gasteiger partial charge in [-0.2, -0.15) is 8.42 Å². The monoisotopic (exact) mass is 344 g/mol. The van der Waals surface area contributed by atoms with E-state index in [1.807, 2.05) is 0 Å². The third-order valence-electron chi connectivity index (χ3n) is 2.64. The lowest BCUT2D eigenvalue weighted by molar-refractivity contribution is 0.101. The zero-order valence-electron chi connectivity index (χ0n) is 10.8. The molecule has 0 spiro atoms. The fourth-order valence-corrected chi connectivity index (χ4v) is 3.66. The summed E-state index contributed by atoms with van der Waals surface area (Å²) < 4.78 is 29.4. The van der Waals surface area contributed by atoms with Gasteiger partial charge in [-0.3, -0.25) is 4.79 Å². The van der Waals surface area contributed by atoms with Gasteiger partial charge in [-0.05, 0) is 43.3 Å². The molecule has 2 rings (SSSR count). The predicted molar refractivity (Wildman–Crippen MR) is 80.7 cm³/mol. The molecule has 0 bridgehead atoms. The minimum Gasteiger partial charge on any atom is -0.379 e. The molecule has 0 saturated heterocycles. The van der Waals surface area contributed by atoms with Crippen molar-refractivity contribution in [3.8, 4) is 5.75 Å². The largest absolute Gasteiger partial charge is 0.379 e. The van der Waals surface area contributed by atoms with Crippen LogP contribution >= 0.6 is 23.2 Å². The van der Waals surface area contributed by atoms with Crippen molar-refractivity contribution in [3.05, 3.63) is 58.1 Å². The Bertz CT molecular complexity index is 763. The Morgan fingerprint density at radius 2 is 1.52 bits per heavy atom. The van der Waals surface area contributed by atoms with Crippen molar-refractivity contribution >= 4 is 39.1 Å². The fourth-order valence-electron chi connectivity index (χ4n) is 1.63. The molecule has 0 radical (unpaired) electrons. The molecule has 110 valence electrons. The first-order valence-corrected chi connectivity index (χ1v) is 7.97. The maximum atomic E-state index is 12.2. The molecule has 4 nitrogen and oxygen atoms in total. The molecule has 0 aliphatic carbocycles. The number of ketones is 1. The van der Waals surface area contributed by atoms with Gasteiger partial charge < -0.3 is 4.18 Å². The molecule has 0 aromatic heterocycles. The predicted octanol–water partition coefficient (Wildman–Crippen LogP) is 3.96. The molecule has 0 aliphatic heterocycles. The Hall–Kier alpha value is -1.56. The molecule has 0 atom stereocenters. The van der Waals surface area contributed by atoms with E-state index in [1.54, 1.807) is 0 Å². The molecule has 0 heterocycles. The van der Waals surface area contributed by atoms with E-state index >= 15 is 0 Å². The molecule has 0 aliphatic rings. The van der Waals surface area contributed by atoms with Crippen LogP contribution in [-0.4, -0.2) is 14.2 Å². The Labute approximate surface area is 132 Å². The summed E-state index contributed by atoms with van der Waals surface area (Å²) in [5, 5.41) is -0.0503. The van der Waals surface area contributed by atoms with Gasteiger partial charge in [-0.15, -0.1) is 0 Å². The summed E-state index contributed by atoms with van der Waals surface area (Å²) in [5.41, 5.74) is 0.454. The Kier molecular flexibility index (Phi) is 4.56. The van der Waals surface area contributed by atoms with Crippen LogP contribution in [0.2, 0.25) is 10.0 Å². The lowest BCUT2D eigenvalue weighted by Crippen LogP contribution is -2.11. The molecule has 0 saturated carbocycles. The summed E-state index contributed by atoms with van der Waals surface area (Å²) in [7, 11) is -4.16. The highest BCUT2D eigenvalue weighted by molar-refractivity contribution is 7.87. The van der Waals surface area contributed by atoms with Crippen LogP contribution in [0, 0.1) is 0 Å².